The number of aryl methyl sites for hydroxylation is 1. The fraction of sp³-hybridized carbons (Fsp3) is 0.227. The predicted octanol–water partition coefficient (Wildman–Crippen LogP) is 2.55. The highest BCUT2D eigenvalue weighted by atomic mass is 15.7. The van der Waals surface area contributed by atoms with E-state index >= 15 is 0 Å². The van der Waals surface area contributed by atoms with Crippen molar-refractivity contribution in [3.8, 4) is 33.5 Å². The largest absolute Gasteiger partial charge is 0.313 e. The maximum Gasteiger partial charge on any atom is 0.0702 e. The van der Waals surface area contributed by atoms with Crippen molar-refractivity contribution in [1.29, 1.82) is 0 Å². The first-order valence-corrected chi connectivity index (χ1v) is 9.83. The molecule has 29 heavy (non-hydrogen) atoms. The number of pyridine rings is 1. The van der Waals surface area contributed by atoms with Gasteiger partial charge in [0.1, 0.15) is 0 Å². The van der Waals surface area contributed by atoms with Crippen molar-refractivity contribution in [3.05, 3.63) is 67.4 Å². The van der Waals surface area contributed by atoms with Crippen LogP contribution in [0.5, 0.6) is 0 Å². The van der Waals surface area contributed by atoms with Gasteiger partial charge in [-0.05, 0) is 17.7 Å². The Morgan fingerprint density at radius 3 is 2.34 bits per heavy atom. The lowest BCUT2D eigenvalue weighted by atomic mass is 10.0. The van der Waals surface area contributed by atoms with Crippen molar-refractivity contribution in [2.24, 2.45) is 7.05 Å². The Morgan fingerprint density at radius 1 is 0.793 bits per heavy atom. The molecule has 1 aliphatic rings. The topological polar surface area (TPSA) is 63.8 Å². The van der Waals surface area contributed by atoms with Crippen LogP contribution in [0.4, 0.5) is 0 Å². The summed E-state index contributed by atoms with van der Waals surface area (Å²) in [6.07, 6.45) is 9.80. The van der Waals surface area contributed by atoms with Gasteiger partial charge < -0.3 is 5.32 Å². The van der Waals surface area contributed by atoms with Crippen LogP contribution in [0.2, 0.25) is 0 Å². The van der Waals surface area contributed by atoms with E-state index in [4.69, 9.17) is 4.98 Å². The lowest BCUT2D eigenvalue weighted by Gasteiger charge is -2.28. The number of nitrogens with zero attached hydrogens (tertiary/aromatic N) is 6. The summed E-state index contributed by atoms with van der Waals surface area (Å²) in [6.45, 7) is 3.91. The molecule has 1 aliphatic heterocycles. The molecule has 7 nitrogen and oxygen atoms in total. The Morgan fingerprint density at radius 2 is 1.59 bits per heavy atom. The van der Waals surface area contributed by atoms with Gasteiger partial charge in [0, 0.05) is 67.9 Å². The smallest absolute Gasteiger partial charge is 0.0702 e. The minimum atomic E-state index is 0.953. The molecular formula is C22H23N7. The molecule has 0 atom stereocenters. The van der Waals surface area contributed by atoms with Crippen molar-refractivity contribution < 1.29 is 0 Å². The second-order valence-electron chi connectivity index (χ2n) is 7.27. The third kappa shape index (κ3) is 3.64. The van der Waals surface area contributed by atoms with Gasteiger partial charge >= 0.3 is 0 Å². The number of piperazine rings is 1. The fourth-order valence-corrected chi connectivity index (χ4v) is 3.64. The van der Waals surface area contributed by atoms with E-state index in [2.05, 4.69) is 63.1 Å². The summed E-state index contributed by atoms with van der Waals surface area (Å²) in [7, 11) is 1.93. The Bertz CT molecular complexity index is 1100. The van der Waals surface area contributed by atoms with Crippen LogP contribution in [-0.4, -0.2) is 50.8 Å². The van der Waals surface area contributed by atoms with Gasteiger partial charge in [-0.15, -0.1) is 0 Å². The van der Waals surface area contributed by atoms with E-state index in [9.17, 15) is 0 Å². The van der Waals surface area contributed by atoms with Gasteiger partial charge in [-0.1, -0.05) is 24.3 Å². The highest BCUT2D eigenvalue weighted by Crippen LogP contribution is 2.26. The van der Waals surface area contributed by atoms with Gasteiger partial charge in [-0.2, -0.15) is 15.0 Å². The van der Waals surface area contributed by atoms with E-state index in [1.807, 2.05) is 41.3 Å². The van der Waals surface area contributed by atoms with Gasteiger partial charge in [-0.3, -0.25) is 14.7 Å². The van der Waals surface area contributed by atoms with Crippen LogP contribution in [0.1, 0.15) is 0 Å². The van der Waals surface area contributed by atoms with Crippen molar-refractivity contribution in [3.63, 3.8) is 0 Å². The Balaban J connectivity index is 1.37. The first kappa shape index (κ1) is 17.6. The summed E-state index contributed by atoms with van der Waals surface area (Å²) in [5.41, 5.74) is 6.43. The molecule has 0 spiro atoms. The molecule has 1 aromatic carbocycles. The van der Waals surface area contributed by atoms with Crippen molar-refractivity contribution in [2.45, 2.75) is 0 Å². The summed E-state index contributed by atoms with van der Waals surface area (Å²) in [5, 5.41) is 14.4. The minimum absolute atomic E-state index is 0.953. The normalized spacial score (nSPS) is 14.3. The molecule has 4 aromatic rings. The average molecular weight is 385 g/mol. The van der Waals surface area contributed by atoms with E-state index < -0.39 is 0 Å². The van der Waals surface area contributed by atoms with Gasteiger partial charge in [0.2, 0.25) is 0 Å². The van der Waals surface area contributed by atoms with Crippen LogP contribution in [-0.2, 0) is 7.05 Å². The van der Waals surface area contributed by atoms with E-state index in [0.29, 0.717) is 0 Å². The van der Waals surface area contributed by atoms with Crippen molar-refractivity contribution in [1.82, 2.24) is 30.0 Å². The van der Waals surface area contributed by atoms with Gasteiger partial charge in [0.25, 0.3) is 0 Å². The molecule has 7 heteroatoms. The maximum atomic E-state index is 4.71. The maximum absolute atomic E-state index is 4.71. The average Bonchev–Trinajstić information content (AvgIpc) is 3.44. The quantitative estimate of drug-likeness (QED) is 0.585. The zero-order valence-electron chi connectivity index (χ0n) is 16.4. The fourth-order valence-electron chi connectivity index (χ4n) is 3.64. The second kappa shape index (κ2) is 7.52. The third-order valence-electron chi connectivity index (χ3n) is 5.25. The molecule has 0 amide bonds. The van der Waals surface area contributed by atoms with E-state index in [1.165, 1.54) is 0 Å². The van der Waals surface area contributed by atoms with Crippen LogP contribution in [0.15, 0.2) is 67.4 Å². The molecule has 4 heterocycles. The van der Waals surface area contributed by atoms with Gasteiger partial charge in [0.15, 0.2) is 0 Å². The molecule has 146 valence electrons. The zero-order valence-corrected chi connectivity index (χ0v) is 16.4. The summed E-state index contributed by atoms with van der Waals surface area (Å²) < 4.78 is 1.82. The first-order chi connectivity index (χ1) is 14.3. The summed E-state index contributed by atoms with van der Waals surface area (Å²) >= 11 is 0. The monoisotopic (exact) mass is 385 g/mol. The van der Waals surface area contributed by atoms with E-state index in [1.54, 1.807) is 0 Å². The standard InChI is InChI=1S/C22H23N7/c1-27-15-20(13-25-27)17-3-2-4-18(11-17)22-6-5-19(12-24-22)21-14-26-29(16-21)28-9-7-23-8-10-28/h2-6,11-16,23H,7-10H2,1H3. The summed E-state index contributed by atoms with van der Waals surface area (Å²) in [6, 6.07) is 12.6. The number of nitrogens with one attached hydrogen (secondary N) is 1. The molecule has 1 saturated heterocycles. The Kier molecular flexibility index (Phi) is 4.57. The predicted molar refractivity (Wildman–Crippen MR) is 114 cm³/mol. The molecule has 5 rings (SSSR count). The molecular weight excluding hydrogens is 362 g/mol. The molecule has 0 aliphatic carbocycles. The van der Waals surface area contributed by atoms with Crippen LogP contribution < -0.4 is 10.3 Å². The molecule has 1 N–H and O–H groups in total. The lowest BCUT2D eigenvalue weighted by molar-refractivity contribution is 0.460. The van der Waals surface area contributed by atoms with Crippen LogP contribution >= 0.6 is 0 Å². The van der Waals surface area contributed by atoms with Crippen LogP contribution in [0, 0.1) is 0 Å². The molecule has 1 fully saturated rings. The van der Waals surface area contributed by atoms with Crippen LogP contribution in [0.25, 0.3) is 33.5 Å². The highest BCUT2D eigenvalue weighted by molar-refractivity contribution is 5.72. The van der Waals surface area contributed by atoms with Gasteiger partial charge in [0.05, 0.1) is 24.3 Å². The van der Waals surface area contributed by atoms with E-state index in [-0.39, 0.29) is 0 Å². The number of hydrogen-bond acceptors (Lipinski definition) is 5. The summed E-state index contributed by atoms with van der Waals surface area (Å²) in [4.78, 5) is 6.65. The zero-order chi connectivity index (χ0) is 19.6. The first-order valence-electron chi connectivity index (χ1n) is 9.83. The third-order valence-corrected chi connectivity index (χ3v) is 5.25. The number of rotatable bonds is 4. The highest BCUT2D eigenvalue weighted by Gasteiger charge is 2.12. The summed E-state index contributed by atoms with van der Waals surface area (Å²) in [5.74, 6) is 0. The number of benzene rings is 1. The van der Waals surface area contributed by atoms with Gasteiger partial charge in [-0.25, -0.2) is 0 Å². The molecule has 3 aromatic heterocycles. The molecule has 0 bridgehead atoms. The minimum Gasteiger partial charge on any atom is -0.313 e. The number of hydrogen-bond donors (Lipinski definition) is 1. The lowest BCUT2D eigenvalue weighted by Crippen LogP contribution is -2.49. The molecule has 0 radical (unpaired) electrons. The van der Waals surface area contributed by atoms with Crippen molar-refractivity contribution in [2.75, 3.05) is 31.2 Å². The van der Waals surface area contributed by atoms with Crippen LogP contribution in [0.3, 0.4) is 0 Å². The van der Waals surface area contributed by atoms with E-state index in [0.717, 1.165) is 59.7 Å². The number of aromatic nitrogens is 5. The Labute approximate surface area is 169 Å². The molecule has 0 saturated carbocycles. The Hall–Kier alpha value is -3.45. The second-order valence-corrected chi connectivity index (χ2v) is 7.27. The molecule has 0 unspecified atom stereocenters. The SMILES string of the molecule is Cn1cc(-c2cccc(-c3ccc(-c4cnn(N5CCNCC5)c4)cn3)c2)cn1. The van der Waals surface area contributed by atoms with Crippen molar-refractivity contribution >= 4 is 0 Å².